The van der Waals surface area contributed by atoms with Gasteiger partial charge in [0, 0.05) is 6.15 Å². The standard InChI is InChI=1S/C28H60B.C12H27N.C12H10/c1-5-9-13-17-21-25-29(26-22-18-14-10-6-2,27-23-19-15-11-7-3)28-24-20-16-12-8-4;1-3-5-7-9-11-13-12-10-8-6-4-2;1-3-7-11(8-4-1)12-9-5-2-6-10-12/h5-28H2,1-4H3;13H,3-12H2,1-2H3;1-10H/q-1;;/p+1. The first kappa shape index (κ1) is 52.5. The van der Waals surface area contributed by atoms with E-state index in [1.54, 1.807) is 25.3 Å². The van der Waals surface area contributed by atoms with Crippen LogP contribution in [-0.2, 0) is 0 Å². The Hall–Kier alpha value is -1.54. The van der Waals surface area contributed by atoms with Crippen LogP contribution in [0.4, 0.5) is 0 Å². The van der Waals surface area contributed by atoms with Crippen LogP contribution in [0.25, 0.3) is 11.1 Å². The van der Waals surface area contributed by atoms with Crippen molar-refractivity contribution in [3.63, 3.8) is 0 Å². The molecule has 2 N–H and O–H groups in total. The van der Waals surface area contributed by atoms with Crippen molar-refractivity contribution in [1.82, 2.24) is 0 Å². The maximum atomic E-state index is 2.49. The van der Waals surface area contributed by atoms with Gasteiger partial charge in [0.1, 0.15) is 0 Å². The average Bonchev–Trinajstić information content (AvgIpc) is 3.21. The Bertz CT molecular complexity index is 834. The minimum absolute atomic E-state index is 0.0861. The first-order chi connectivity index (χ1) is 26.6. The summed E-state index contributed by atoms with van der Waals surface area (Å²) in [6.45, 7) is 16.6. The smallest absolute Gasteiger partial charge is 0.0755 e. The molecule has 0 amide bonds. The van der Waals surface area contributed by atoms with Gasteiger partial charge in [-0.1, -0.05) is 256 Å². The van der Waals surface area contributed by atoms with E-state index in [0.717, 1.165) is 0 Å². The lowest BCUT2D eigenvalue weighted by Crippen LogP contribution is -2.84. The van der Waals surface area contributed by atoms with Crippen molar-refractivity contribution in [1.29, 1.82) is 0 Å². The Morgan fingerprint density at radius 2 is 0.537 bits per heavy atom. The number of unbranched alkanes of at least 4 members (excludes halogenated alkanes) is 22. The van der Waals surface area contributed by atoms with Gasteiger partial charge in [-0.05, 0) is 36.8 Å². The molecule has 0 fully saturated rings. The molecule has 0 bridgehead atoms. The number of rotatable bonds is 35. The molecular formula is C52H98BN. The fourth-order valence-corrected chi connectivity index (χ4v) is 8.43. The Labute approximate surface area is 341 Å². The van der Waals surface area contributed by atoms with Crippen LogP contribution in [0.5, 0.6) is 0 Å². The molecule has 0 saturated carbocycles. The summed E-state index contributed by atoms with van der Waals surface area (Å²) in [5.74, 6) is 0. The molecule has 2 aromatic rings. The second kappa shape index (κ2) is 42.6. The Balaban J connectivity index is 0.000000913. The molecule has 0 heterocycles. The second-order valence-corrected chi connectivity index (χ2v) is 17.3. The van der Waals surface area contributed by atoms with E-state index >= 15 is 0 Å². The summed E-state index contributed by atoms with van der Waals surface area (Å²) in [5.41, 5.74) is 2.55. The normalized spacial score (nSPS) is 11.1. The third-order valence-electron chi connectivity index (χ3n) is 12.1. The van der Waals surface area contributed by atoms with Gasteiger partial charge in [-0.15, -0.1) is 0 Å². The highest BCUT2D eigenvalue weighted by molar-refractivity contribution is 6.79. The van der Waals surface area contributed by atoms with E-state index in [2.05, 4.69) is 95.4 Å². The molecule has 314 valence electrons. The van der Waals surface area contributed by atoms with Crippen molar-refractivity contribution < 1.29 is 5.32 Å². The van der Waals surface area contributed by atoms with E-state index in [1.807, 2.05) is 12.1 Å². The summed E-state index contributed by atoms with van der Waals surface area (Å²) in [5, 5.41) is 2.49. The molecule has 0 aromatic heterocycles. The summed E-state index contributed by atoms with van der Waals surface area (Å²) in [7, 11) is 0. The number of nitrogens with two attached hydrogens (primary N) is 1. The molecule has 2 aromatic carbocycles. The first-order valence-corrected chi connectivity index (χ1v) is 24.8. The van der Waals surface area contributed by atoms with Gasteiger partial charge >= 0.3 is 0 Å². The molecule has 0 aliphatic rings. The lowest BCUT2D eigenvalue weighted by Gasteiger charge is -2.41. The number of benzene rings is 2. The minimum Gasteiger partial charge on any atom is -0.346 e. The second-order valence-electron chi connectivity index (χ2n) is 17.3. The van der Waals surface area contributed by atoms with E-state index in [0.29, 0.717) is 0 Å². The summed E-state index contributed by atoms with van der Waals surface area (Å²) in [6.07, 6.45) is 46.9. The molecule has 0 unspecified atom stereocenters. The maximum Gasteiger partial charge on any atom is 0.0755 e. The third kappa shape index (κ3) is 33.8. The molecule has 0 radical (unpaired) electrons. The molecule has 2 heteroatoms. The molecule has 0 saturated heterocycles. The van der Waals surface area contributed by atoms with Crippen LogP contribution in [-0.4, -0.2) is 19.2 Å². The van der Waals surface area contributed by atoms with Crippen molar-refractivity contribution in [2.24, 2.45) is 0 Å². The van der Waals surface area contributed by atoms with Crippen LogP contribution in [0.3, 0.4) is 0 Å². The van der Waals surface area contributed by atoms with E-state index < -0.39 is 0 Å². The topological polar surface area (TPSA) is 16.6 Å². The molecular weight excluding hydrogens is 649 g/mol. The number of quaternary nitrogens is 1. The van der Waals surface area contributed by atoms with Gasteiger partial charge in [0.05, 0.1) is 13.1 Å². The summed E-state index contributed by atoms with van der Waals surface area (Å²) in [4.78, 5) is 0. The average molecular weight is 748 g/mol. The predicted molar refractivity (Wildman–Crippen MR) is 252 cm³/mol. The molecule has 0 aliphatic carbocycles. The van der Waals surface area contributed by atoms with E-state index in [9.17, 15) is 0 Å². The quantitative estimate of drug-likeness (QED) is 0.0534. The van der Waals surface area contributed by atoms with Crippen LogP contribution >= 0.6 is 0 Å². The highest BCUT2D eigenvalue weighted by Gasteiger charge is 2.23. The van der Waals surface area contributed by atoms with E-state index in [-0.39, 0.29) is 6.15 Å². The lowest BCUT2D eigenvalue weighted by atomic mass is 9.17. The van der Waals surface area contributed by atoms with Gasteiger partial charge in [-0.3, -0.25) is 0 Å². The van der Waals surface area contributed by atoms with Crippen molar-refractivity contribution in [3.05, 3.63) is 60.7 Å². The van der Waals surface area contributed by atoms with Crippen LogP contribution in [0.2, 0.25) is 25.3 Å². The fraction of sp³-hybridized carbons (Fsp3) is 0.769. The Morgan fingerprint density at radius 1 is 0.296 bits per heavy atom. The van der Waals surface area contributed by atoms with Crippen LogP contribution in [0.1, 0.15) is 221 Å². The van der Waals surface area contributed by atoms with Gasteiger partial charge in [-0.2, -0.15) is 25.3 Å². The molecule has 2 rings (SSSR count). The minimum atomic E-state index is -0.0861. The van der Waals surface area contributed by atoms with Crippen LogP contribution in [0.15, 0.2) is 60.7 Å². The maximum absolute atomic E-state index is 2.49. The van der Waals surface area contributed by atoms with Crippen LogP contribution < -0.4 is 5.32 Å². The molecule has 54 heavy (non-hydrogen) atoms. The third-order valence-corrected chi connectivity index (χ3v) is 12.1. The van der Waals surface area contributed by atoms with Gasteiger partial charge in [0.25, 0.3) is 0 Å². The Kier molecular flexibility index (Phi) is 41.4. The number of hydrogen-bond acceptors (Lipinski definition) is 0. The van der Waals surface area contributed by atoms with Crippen molar-refractivity contribution in [2.45, 2.75) is 247 Å². The highest BCUT2D eigenvalue weighted by Crippen LogP contribution is 2.35. The van der Waals surface area contributed by atoms with Gasteiger partial charge < -0.3 is 5.32 Å². The molecule has 0 atom stereocenters. The fourth-order valence-electron chi connectivity index (χ4n) is 8.43. The zero-order valence-corrected chi connectivity index (χ0v) is 38.0. The van der Waals surface area contributed by atoms with Crippen LogP contribution in [0, 0.1) is 0 Å². The monoisotopic (exact) mass is 748 g/mol. The summed E-state index contributed by atoms with van der Waals surface area (Å²) < 4.78 is 0. The van der Waals surface area contributed by atoms with E-state index in [4.69, 9.17) is 0 Å². The van der Waals surface area contributed by atoms with Crippen molar-refractivity contribution in [2.75, 3.05) is 13.1 Å². The highest BCUT2D eigenvalue weighted by atomic mass is 14.8. The van der Waals surface area contributed by atoms with Gasteiger partial charge in [-0.25, -0.2) is 0 Å². The van der Waals surface area contributed by atoms with Crippen molar-refractivity contribution in [3.8, 4) is 11.1 Å². The summed E-state index contributed by atoms with van der Waals surface area (Å²) >= 11 is 0. The lowest BCUT2D eigenvalue weighted by molar-refractivity contribution is -0.655. The first-order valence-electron chi connectivity index (χ1n) is 24.8. The number of hydrogen-bond donors (Lipinski definition) is 1. The summed E-state index contributed by atoms with van der Waals surface area (Å²) in [6, 6.07) is 20.8. The van der Waals surface area contributed by atoms with Gasteiger partial charge in [0.15, 0.2) is 0 Å². The SMILES string of the molecule is CCCCCCC[B-](CCCCCCC)(CCCCCCC)CCCCCCC.CCCCCC[NH2+]CCCCCC.c1ccc(-c2ccccc2)cc1. The molecule has 1 nitrogen and oxygen atoms in total. The van der Waals surface area contributed by atoms with Crippen molar-refractivity contribution >= 4 is 6.15 Å². The molecule has 0 aliphatic heterocycles. The Morgan fingerprint density at radius 3 is 0.796 bits per heavy atom. The predicted octanol–water partition coefficient (Wildman–Crippen LogP) is 17.4. The molecule has 0 spiro atoms. The zero-order valence-electron chi connectivity index (χ0n) is 38.0. The largest absolute Gasteiger partial charge is 0.346 e. The van der Waals surface area contributed by atoms with E-state index in [1.165, 1.54) is 204 Å². The zero-order chi connectivity index (χ0) is 39.5. The van der Waals surface area contributed by atoms with Gasteiger partial charge in [0.2, 0.25) is 0 Å².